The first-order valence-electron chi connectivity index (χ1n) is 9.04. The number of phenols is 1. The summed E-state index contributed by atoms with van der Waals surface area (Å²) in [7, 11) is 0. The summed E-state index contributed by atoms with van der Waals surface area (Å²) in [5.41, 5.74) is 1.24. The number of ether oxygens (including phenoxy) is 1. The van der Waals surface area contributed by atoms with E-state index in [4.69, 9.17) is 9.26 Å². The Morgan fingerprint density at radius 2 is 1.89 bits per heavy atom. The van der Waals surface area contributed by atoms with Crippen molar-refractivity contribution in [3.8, 4) is 34.3 Å². The van der Waals surface area contributed by atoms with Gasteiger partial charge in [0.2, 0.25) is 5.82 Å². The molecule has 0 bridgehead atoms. The predicted molar refractivity (Wildman–Crippen MR) is 99.7 cm³/mol. The van der Waals surface area contributed by atoms with Gasteiger partial charge in [-0.3, -0.25) is 4.79 Å². The van der Waals surface area contributed by atoms with Gasteiger partial charge in [0.1, 0.15) is 17.1 Å². The number of aromatic hydroxyl groups is 1. The first kappa shape index (κ1) is 17.3. The zero-order valence-electron chi connectivity index (χ0n) is 15.2. The molecule has 1 aromatic heterocycles. The minimum atomic E-state index is -0.423. The highest BCUT2D eigenvalue weighted by Gasteiger charge is 2.37. The molecule has 138 valence electrons. The molecule has 0 amide bonds. The Morgan fingerprint density at radius 3 is 2.63 bits per heavy atom. The van der Waals surface area contributed by atoms with Crippen LogP contribution in [0.1, 0.15) is 43.5 Å². The largest absolute Gasteiger partial charge is 0.507 e. The molecule has 0 saturated carbocycles. The van der Waals surface area contributed by atoms with Gasteiger partial charge in [-0.05, 0) is 43.2 Å². The summed E-state index contributed by atoms with van der Waals surface area (Å²) in [4.78, 5) is 17.1. The van der Waals surface area contributed by atoms with Crippen molar-refractivity contribution >= 4 is 5.78 Å². The number of benzene rings is 2. The summed E-state index contributed by atoms with van der Waals surface area (Å²) < 4.78 is 11.5. The smallest absolute Gasteiger partial charge is 0.258 e. The van der Waals surface area contributed by atoms with E-state index in [2.05, 4.69) is 10.1 Å². The number of phenolic OH excluding ortho intramolecular Hbond substituents is 1. The van der Waals surface area contributed by atoms with Crippen LogP contribution in [0.4, 0.5) is 0 Å². The molecule has 1 aliphatic heterocycles. The third-order valence-corrected chi connectivity index (χ3v) is 5.20. The third kappa shape index (κ3) is 2.97. The van der Waals surface area contributed by atoms with Crippen molar-refractivity contribution in [2.75, 3.05) is 0 Å². The highest BCUT2D eigenvalue weighted by molar-refractivity contribution is 6.01. The first-order valence-corrected chi connectivity index (χ1v) is 9.04. The van der Waals surface area contributed by atoms with Crippen LogP contribution in [-0.4, -0.2) is 26.6 Å². The fraction of sp³-hybridized carbons (Fsp3) is 0.286. The molecule has 0 radical (unpaired) electrons. The molecule has 0 unspecified atom stereocenters. The lowest BCUT2D eigenvalue weighted by Crippen LogP contribution is -2.40. The summed E-state index contributed by atoms with van der Waals surface area (Å²) >= 11 is 0. The molecule has 0 fully saturated rings. The maximum absolute atomic E-state index is 12.7. The zero-order chi connectivity index (χ0) is 19.0. The number of carbonyl (C=O) groups excluding carboxylic acids is 1. The van der Waals surface area contributed by atoms with Gasteiger partial charge in [0, 0.05) is 5.56 Å². The van der Waals surface area contributed by atoms with Gasteiger partial charge in [0.05, 0.1) is 17.5 Å². The summed E-state index contributed by atoms with van der Waals surface area (Å²) in [6.45, 7) is 4.07. The molecule has 1 aliphatic rings. The standard InChI is InChI=1S/C21H20N2O4/c1-3-21(4-2)12-17(25)15-11-13(9-10-18(15)26-21)20-22-19(23-27-20)14-7-5-6-8-16(14)24/h5-11,24H,3-4,12H2,1-2H3. The Hall–Kier alpha value is -3.15. The number of ketones is 1. The molecule has 2 heterocycles. The Balaban J connectivity index is 1.69. The van der Waals surface area contributed by atoms with Crippen LogP contribution in [0.15, 0.2) is 47.0 Å². The summed E-state index contributed by atoms with van der Waals surface area (Å²) in [6.07, 6.45) is 1.93. The van der Waals surface area contributed by atoms with Crippen molar-refractivity contribution in [2.24, 2.45) is 0 Å². The zero-order valence-corrected chi connectivity index (χ0v) is 15.2. The highest BCUT2D eigenvalue weighted by Crippen LogP contribution is 2.39. The predicted octanol–water partition coefficient (Wildman–Crippen LogP) is 4.63. The summed E-state index contributed by atoms with van der Waals surface area (Å²) in [5.74, 6) is 1.31. The van der Waals surface area contributed by atoms with E-state index in [9.17, 15) is 9.90 Å². The number of rotatable bonds is 4. The van der Waals surface area contributed by atoms with Crippen LogP contribution in [0.2, 0.25) is 0 Å². The van der Waals surface area contributed by atoms with Crippen molar-refractivity contribution in [3.05, 3.63) is 48.0 Å². The quantitative estimate of drug-likeness (QED) is 0.726. The van der Waals surface area contributed by atoms with Crippen molar-refractivity contribution in [1.29, 1.82) is 0 Å². The number of para-hydroxylation sites is 1. The van der Waals surface area contributed by atoms with E-state index in [1.807, 2.05) is 13.8 Å². The lowest BCUT2D eigenvalue weighted by Gasteiger charge is -2.36. The molecule has 27 heavy (non-hydrogen) atoms. The fourth-order valence-corrected chi connectivity index (χ4v) is 3.38. The summed E-state index contributed by atoms with van der Waals surface area (Å²) in [5, 5.41) is 13.9. The van der Waals surface area contributed by atoms with E-state index in [0.29, 0.717) is 34.7 Å². The van der Waals surface area contributed by atoms with Crippen LogP contribution >= 0.6 is 0 Å². The van der Waals surface area contributed by atoms with Gasteiger partial charge in [-0.2, -0.15) is 4.98 Å². The van der Waals surface area contributed by atoms with Gasteiger partial charge in [-0.25, -0.2) is 0 Å². The lowest BCUT2D eigenvalue weighted by atomic mass is 9.85. The number of nitrogens with zero attached hydrogens (tertiary/aromatic N) is 2. The monoisotopic (exact) mass is 364 g/mol. The second-order valence-corrected chi connectivity index (χ2v) is 6.74. The Bertz CT molecular complexity index is 1000. The molecular weight excluding hydrogens is 344 g/mol. The molecule has 1 N–H and O–H groups in total. The topological polar surface area (TPSA) is 85.5 Å². The third-order valence-electron chi connectivity index (χ3n) is 5.20. The van der Waals surface area contributed by atoms with Crippen LogP contribution in [0.25, 0.3) is 22.8 Å². The van der Waals surface area contributed by atoms with Gasteiger partial charge < -0.3 is 14.4 Å². The van der Waals surface area contributed by atoms with E-state index in [-0.39, 0.29) is 17.4 Å². The second kappa shape index (κ2) is 6.54. The number of fused-ring (bicyclic) bond motifs is 1. The van der Waals surface area contributed by atoms with E-state index in [1.165, 1.54) is 0 Å². The van der Waals surface area contributed by atoms with E-state index < -0.39 is 5.60 Å². The Morgan fingerprint density at radius 1 is 1.11 bits per heavy atom. The molecular formula is C21H20N2O4. The molecule has 6 heteroatoms. The van der Waals surface area contributed by atoms with Gasteiger partial charge in [0.25, 0.3) is 5.89 Å². The van der Waals surface area contributed by atoms with Crippen LogP contribution in [0.3, 0.4) is 0 Å². The number of hydrogen-bond donors (Lipinski definition) is 1. The minimum absolute atomic E-state index is 0.0576. The van der Waals surface area contributed by atoms with Crippen LogP contribution in [0.5, 0.6) is 11.5 Å². The van der Waals surface area contributed by atoms with Gasteiger partial charge >= 0.3 is 0 Å². The van der Waals surface area contributed by atoms with Gasteiger partial charge in [-0.15, -0.1) is 0 Å². The second-order valence-electron chi connectivity index (χ2n) is 6.74. The first-order chi connectivity index (χ1) is 13.0. The average molecular weight is 364 g/mol. The fourth-order valence-electron chi connectivity index (χ4n) is 3.38. The molecule has 6 nitrogen and oxygen atoms in total. The van der Waals surface area contributed by atoms with Crippen LogP contribution in [-0.2, 0) is 0 Å². The number of Topliss-reactive ketones (excluding diaryl/α,β-unsaturated/α-hetero) is 1. The van der Waals surface area contributed by atoms with E-state index in [0.717, 1.165) is 12.8 Å². The molecule has 0 aliphatic carbocycles. The van der Waals surface area contributed by atoms with Crippen LogP contribution in [0, 0.1) is 0 Å². The molecule has 2 aromatic carbocycles. The number of hydrogen-bond acceptors (Lipinski definition) is 6. The van der Waals surface area contributed by atoms with Gasteiger partial charge in [0.15, 0.2) is 5.78 Å². The van der Waals surface area contributed by atoms with E-state index in [1.54, 1.807) is 42.5 Å². The highest BCUT2D eigenvalue weighted by atomic mass is 16.5. The van der Waals surface area contributed by atoms with Crippen molar-refractivity contribution in [2.45, 2.75) is 38.7 Å². The molecule has 0 atom stereocenters. The molecule has 3 aromatic rings. The Labute approximate surface area is 156 Å². The van der Waals surface area contributed by atoms with E-state index >= 15 is 0 Å². The van der Waals surface area contributed by atoms with Crippen LogP contribution < -0.4 is 4.74 Å². The molecule has 0 spiro atoms. The van der Waals surface area contributed by atoms with Crippen molar-refractivity contribution < 1.29 is 19.2 Å². The molecule has 0 saturated heterocycles. The summed E-state index contributed by atoms with van der Waals surface area (Å²) in [6, 6.07) is 12.1. The maximum atomic E-state index is 12.7. The minimum Gasteiger partial charge on any atom is -0.507 e. The normalized spacial score (nSPS) is 15.3. The number of aromatic nitrogens is 2. The van der Waals surface area contributed by atoms with Crippen molar-refractivity contribution in [3.63, 3.8) is 0 Å². The number of carbonyl (C=O) groups is 1. The van der Waals surface area contributed by atoms with Crippen molar-refractivity contribution in [1.82, 2.24) is 10.1 Å². The maximum Gasteiger partial charge on any atom is 0.258 e. The Kier molecular flexibility index (Phi) is 4.18. The SMILES string of the molecule is CCC1(CC)CC(=O)c2cc(-c3nc(-c4ccccc4O)no3)ccc2O1. The van der Waals surface area contributed by atoms with Gasteiger partial charge in [-0.1, -0.05) is 31.1 Å². The molecule has 4 rings (SSSR count). The lowest BCUT2D eigenvalue weighted by molar-refractivity contribution is 0.0350. The average Bonchev–Trinajstić information content (AvgIpc) is 3.18.